The molecule has 1 N–H and O–H groups in total. The standard InChI is InChI=1S/C20H16N2/c1-14-11-18(15-7-3-2-4-8-15)22-20-13-17-10-6-5-9-16(17)12-19(20)21-14/h2-13,22H,1H3. The molecule has 2 nitrogen and oxygen atoms in total. The van der Waals surface area contributed by atoms with E-state index >= 15 is 0 Å². The summed E-state index contributed by atoms with van der Waals surface area (Å²) in [4.78, 5) is 4.74. The molecule has 0 amide bonds. The normalized spacial score (nSPS) is 13.7. The molecule has 3 aromatic carbocycles. The van der Waals surface area contributed by atoms with Gasteiger partial charge in [0.1, 0.15) is 0 Å². The Kier molecular flexibility index (Phi) is 3.01. The van der Waals surface area contributed by atoms with Crippen LogP contribution in [0.4, 0.5) is 11.4 Å². The Morgan fingerprint density at radius 1 is 0.818 bits per heavy atom. The number of fused-ring (bicyclic) bond motifs is 2. The minimum absolute atomic E-state index is 0.985. The van der Waals surface area contributed by atoms with E-state index in [1.807, 2.05) is 13.0 Å². The molecule has 22 heavy (non-hydrogen) atoms. The van der Waals surface area contributed by atoms with Crippen molar-refractivity contribution in [1.29, 1.82) is 0 Å². The van der Waals surface area contributed by atoms with Gasteiger partial charge in [-0.1, -0.05) is 54.6 Å². The first-order chi connectivity index (χ1) is 10.8. The summed E-state index contributed by atoms with van der Waals surface area (Å²) in [6, 6.07) is 23.0. The third-order valence-corrected chi connectivity index (χ3v) is 3.87. The molecule has 0 aliphatic carbocycles. The molecular weight excluding hydrogens is 268 g/mol. The zero-order chi connectivity index (χ0) is 14.9. The van der Waals surface area contributed by atoms with Gasteiger partial charge < -0.3 is 5.32 Å². The van der Waals surface area contributed by atoms with Crippen LogP contribution in [0, 0.1) is 0 Å². The van der Waals surface area contributed by atoms with E-state index in [9.17, 15) is 0 Å². The van der Waals surface area contributed by atoms with Crippen molar-refractivity contribution >= 4 is 33.6 Å². The van der Waals surface area contributed by atoms with Gasteiger partial charge >= 0.3 is 0 Å². The van der Waals surface area contributed by atoms with Crippen molar-refractivity contribution < 1.29 is 0 Å². The Balaban J connectivity index is 1.87. The van der Waals surface area contributed by atoms with Crippen LogP contribution < -0.4 is 5.32 Å². The van der Waals surface area contributed by atoms with Crippen LogP contribution in [-0.4, -0.2) is 5.71 Å². The van der Waals surface area contributed by atoms with Gasteiger partial charge in [-0.05, 0) is 41.5 Å². The molecule has 0 bridgehead atoms. The van der Waals surface area contributed by atoms with E-state index in [-0.39, 0.29) is 0 Å². The summed E-state index contributed by atoms with van der Waals surface area (Å²) < 4.78 is 0. The number of allylic oxidation sites excluding steroid dienone is 1. The second-order valence-corrected chi connectivity index (χ2v) is 5.52. The maximum atomic E-state index is 4.74. The maximum Gasteiger partial charge on any atom is 0.0874 e. The fourth-order valence-electron chi connectivity index (χ4n) is 2.81. The summed E-state index contributed by atoms with van der Waals surface area (Å²) >= 11 is 0. The quantitative estimate of drug-likeness (QED) is 0.635. The van der Waals surface area contributed by atoms with E-state index in [1.165, 1.54) is 10.8 Å². The smallest absolute Gasteiger partial charge is 0.0874 e. The molecule has 0 radical (unpaired) electrons. The number of nitrogens with zero attached hydrogens (tertiary/aromatic N) is 1. The van der Waals surface area contributed by atoms with Crippen molar-refractivity contribution in [3.05, 3.63) is 78.4 Å². The van der Waals surface area contributed by atoms with Crippen molar-refractivity contribution in [3.8, 4) is 0 Å². The molecule has 4 rings (SSSR count). The van der Waals surface area contributed by atoms with Crippen molar-refractivity contribution in [2.24, 2.45) is 4.99 Å². The van der Waals surface area contributed by atoms with Crippen LogP contribution in [0.2, 0.25) is 0 Å². The highest BCUT2D eigenvalue weighted by Gasteiger charge is 2.11. The predicted molar refractivity (Wildman–Crippen MR) is 94.8 cm³/mol. The summed E-state index contributed by atoms with van der Waals surface area (Å²) in [5, 5.41) is 5.97. The molecule has 0 spiro atoms. The van der Waals surface area contributed by atoms with Gasteiger partial charge in [0, 0.05) is 11.4 Å². The summed E-state index contributed by atoms with van der Waals surface area (Å²) in [7, 11) is 0. The molecule has 3 aromatic rings. The summed E-state index contributed by atoms with van der Waals surface area (Å²) in [5.74, 6) is 0. The first-order valence-electron chi connectivity index (χ1n) is 7.42. The van der Waals surface area contributed by atoms with E-state index < -0.39 is 0 Å². The minimum Gasteiger partial charge on any atom is -0.353 e. The molecule has 106 valence electrons. The van der Waals surface area contributed by atoms with Gasteiger partial charge in [0.05, 0.1) is 11.4 Å². The van der Waals surface area contributed by atoms with E-state index in [0.29, 0.717) is 0 Å². The van der Waals surface area contributed by atoms with Crippen LogP contribution in [0.15, 0.2) is 77.8 Å². The van der Waals surface area contributed by atoms with E-state index in [2.05, 4.69) is 72.1 Å². The first kappa shape index (κ1) is 12.8. The third kappa shape index (κ3) is 2.29. The second kappa shape index (κ2) is 5.15. The third-order valence-electron chi connectivity index (χ3n) is 3.87. The Hall–Kier alpha value is -2.87. The lowest BCUT2D eigenvalue weighted by Crippen LogP contribution is -1.99. The SMILES string of the molecule is CC1=Nc2cc3ccccc3cc2NC(c2ccccc2)=C1. The average Bonchev–Trinajstić information content (AvgIpc) is 2.71. The molecule has 2 heteroatoms. The highest BCUT2D eigenvalue weighted by atomic mass is 14.9. The molecule has 0 fully saturated rings. The Bertz CT molecular complexity index is 905. The number of hydrogen-bond donors (Lipinski definition) is 1. The van der Waals surface area contributed by atoms with Crippen LogP contribution in [0.3, 0.4) is 0 Å². The van der Waals surface area contributed by atoms with Crippen LogP contribution in [0.25, 0.3) is 16.5 Å². The number of aliphatic imine (C=N–C) groups is 1. The Morgan fingerprint density at radius 2 is 1.50 bits per heavy atom. The largest absolute Gasteiger partial charge is 0.353 e. The van der Waals surface area contributed by atoms with E-state index in [1.54, 1.807) is 0 Å². The molecule has 0 saturated heterocycles. The van der Waals surface area contributed by atoms with Crippen LogP contribution in [-0.2, 0) is 0 Å². The van der Waals surface area contributed by atoms with Gasteiger partial charge in [-0.3, -0.25) is 4.99 Å². The van der Waals surface area contributed by atoms with Crippen LogP contribution in [0.5, 0.6) is 0 Å². The van der Waals surface area contributed by atoms with Crippen molar-refractivity contribution in [1.82, 2.24) is 0 Å². The zero-order valence-electron chi connectivity index (χ0n) is 12.4. The molecule has 0 aromatic heterocycles. The molecule has 0 atom stereocenters. The molecular formula is C20H16N2. The zero-order valence-corrected chi connectivity index (χ0v) is 12.4. The lowest BCUT2D eigenvalue weighted by molar-refractivity contribution is 1.51. The first-order valence-corrected chi connectivity index (χ1v) is 7.42. The number of benzene rings is 3. The van der Waals surface area contributed by atoms with Gasteiger partial charge in [0.2, 0.25) is 0 Å². The van der Waals surface area contributed by atoms with Gasteiger partial charge in [0.15, 0.2) is 0 Å². The van der Waals surface area contributed by atoms with Gasteiger partial charge in [-0.25, -0.2) is 0 Å². The van der Waals surface area contributed by atoms with Gasteiger partial charge in [-0.2, -0.15) is 0 Å². The summed E-state index contributed by atoms with van der Waals surface area (Å²) in [5.41, 5.74) is 5.28. The lowest BCUT2D eigenvalue weighted by Gasteiger charge is -2.12. The lowest BCUT2D eigenvalue weighted by atomic mass is 10.1. The molecule has 1 heterocycles. The van der Waals surface area contributed by atoms with Gasteiger partial charge in [-0.15, -0.1) is 0 Å². The number of nitrogens with one attached hydrogen (secondary N) is 1. The number of hydrogen-bond acceptors (Lipinski definition) is 2. The fourth-order valence-corrected chi connectivity index (χ4v) is 2.81. The van der Waals surface area contributed by atoms with Crippen molar-refractivity contribution in [2.75, 3.05) is 5.32 Å². The number of rotatable bonds is 1. The van der Waals surface area contributed by atoms with Crippen LogP contribution in [0.1, 0.15) is 12.5 Å². The predicted octanol–water partition coefficient (Wildman–Crippen LogP) is 5.40. The topological polar surface area (TPSA) is 24.4 Å². The highest BCUT2D eigenvalue weighted by molar-refractivity contribution is 6.07. The fraction of sp³-hybridized carbons (Fsp3) is 0.0500. The molecule has 0 unspecified atom stereocenters. The highest BCUT2D eigenvalue weighted by Crippen LogP contribution is 2.35. The minimum atomic E-state index is 0.985. The Morgan fingerprint density at radius 3 is 2.27 bits per heavy atom. The molecule has 0 saturated carbocycles. The van der Waals surface area contributed by atoms with Crippen molar-refractivity contribution in [3.63, 3.8) is 0 Å². The number of anilines is 1. The molecule has 1 aliphatic heterocycles. The maximum absolute atomic E-state index is 4.74. The van der Waals surface area contributed by atoms with Crippen molar-refractivity contribution in [2.45, 2.75) is 6.92 Å². The summed E-state index contributed by atoms with van der Waals surface area (Å²) in [6.45, 7) is 2.04. The van der Waals surface area contributed by atoms with E-state index in [4.69, 9.17) is 4.99 Å². The summed E-state index contributed by atoms with van der Waals surface area (Å²) in [6.07, 6.45) is 2.10. The van der Waals surface area contributed by atoms with Crippen LogP contribution >= 0.6 is 0 Å². The average molecular weight is 284 g/mol. The van der Waals surface area contributed by atoms with Gasteiger partial charge in [0.25, 0.3) is 0 Å². The monoisotopic (exact) mass is 284 g/mol. The Labute approximate surface area is 129 Å². The molecule has 1 aliphatic rings. The van der Waals surface area contributed by atoms with E-state index in [0.717, 1.165) is 28.3 Å². The second-order valence-electron chi connectivity index (χ2n) is 5.52.